The van der Waals surface area contributed by atoms with Crippen LogP contribution in [0.2, 0.25) is 0 Å². The minimum atomic E-state index is 0.350. The van der Waals surface area contributed by atoms with Crippen molar-refractivity contribution in [3.8, 4) is 11.5 Å². The summed E-state index contributed by atoms with van der Waals surface area (Å²) in [4.78, 5) is 14.9. The fourth-order valence-corrected chi connectivity index (χ4v) is 4.01. The molecule has 0 radical (unpaired) electrons. The molecule has 0 spiro atoms. The van der Waals surface area contributed by atoms with E-state index in [0.717, 1.165) is 56.6 Å². The molecule has 2 unspecified atom stereocenters. The number of rotatable bonds is 9. The first-order valence-electron chi connectivity index (χ1n) is 10.1. The van der Waals surface area contributed by atoms with Gasteiger partial charge in [0.25, 0.3) is 0 Å². The summed E-state index contributed by atoms with van der Waals surface area (Å²) >= 11 is 0. The van der Waals surface area contributed by atoms with Crippen molar-refractivity contribution < 1.29 is 14.3 Å². The van der Waals surface area contributed by atoms with Crippen LogP contribution in [0.3, 0.4) is 0 Å². The summed E-state index contributed by atoms with van der Waals surface area (Å²) in [6, 6.07) is 6.49. The molecule has 0 aliphatic carbocycles. The summed E-state index contributed by atoms with van der Waals surface area (Å²) in [7, 11) is 3.32. The lowest BCUT2D eigenvalue weighted by Gasteiger charge is -2.36. The summed E-state index contributed by atoms with van der Waals surface area (Å²) in [5.74, 6) is 2.37. The SMILES string of the molecule is CCCC(C)CC(=O)N1CCCCC1CCc1ccc(OC)c(OC)c1. The number of methoxy groups -OCH3 is 2. The van der Waals surface area contributed by atoms with Crippen LogP contribution in [0.5, 0.6) is 11.5 Å². The molecule has 0 saturated carbocycles. The molecule has 0 aromatic heterocycles. The molecule has 146 valence electrons. The van der Waals surface area contributed by atoms with Crippen LogP contribution in [0.1, 0.15) is 64.4 Å². The maximum absolute atomic E-state index is 12.8. The third-order valence-electron chi connectivity index (χ3n) is 5.47. The molecule has 0 bridgehead atoms. The van der Waals surface area contributed by atoms with Crippen LogP contribution in [0.4, 0.5) is 0 Å². The van der Waals surface area contributed by atoms with Gasteiger partial charge in [-0.1, -0.05) is 32.8 Å². The third kappa shape index (κ3) is 5.65. The number of carbonyl (C=O) groups is 1. The van der Waals surface area contributed by atoms with E-state index >= 15 is 0 Å². The first kappa shape index (κ1) is 20.6. The van der Waals surface area contributed by atoms with Crippen molar-refractivity contribution in [2.45, 2.75) is 71.3 Å². The van der Waals surface area contributed by atoms with Gasteiger partial charge in [0.2, 0.25) is 5.91 Å². The zero-order chi connectivity index (χ0) is 18.9. The molecule has 2 atom stereocenters. The topological polar surface area (TPSA) is 38.8 Å². The van der Waals surface area contributed by atoms with Crippen LogP contribution in [-0.4, -0.2) is 37.6 Å². The monoisotopic (exact) mass is 361 g/mol. The summed E-state index contributed by atoms with van der Waals surface area (Å²) < 4.78 is 10.7. The van der Waals surface area contributed by atoms with E-state index in [2.05, 4.69) is 30.9 Å². The number of nitrogens with zero attached hydrogens (tertiary/aromatic N) is 1. The maximum Gasteiger partial charge on any atom is 0.223 e. The third-order valence-corrected chi connectivity index (χ3v) is 5.47. The Morgan fingerprint density at radius 2 is 2.00 bits per heavy atom. The average molecular weight is 362 g/mol. The van der Waals surface area contributed by atoms with Crippen molar-refractivity contribution in [3.63, 3.8) is 0 Å². The highest BCUT2D eigenvalue weighted by molar-refractivity contribution is 5.76. The van der Waals surface area contributed by atoms with Gasteiger partial charge in [-0.2, -0.15) is 0 Å². The van der Waals surface area contributed by atoms with Gasteiger partial charge >= 0.3 is 0 Å². The van der Waals surface area contributed by atoms with Crippen LogP contribution in [0.15, 0.2) is 18.2 Å². The second kappa shape index (κ2) is 10.4. The number of benzene rings is 1. The van der Waals surface area contributed by atoms with E-state index in [1.165, 1.54) is 12.0 Å². The minimum absolute atomic E-state index is 0.350. The van der Waals surface area contributed by atoms with Crippen LogP contribution in [0.25, 0.3) is 0 Å². The Bertz CT molecular complexity index is 573. The number of amides is 1. The standard InChI is InChI=1S/C22H35NO3/c1-5-8-17(2)15-22(24)23-14-7-6-9-19(23)12-10-18-11-13-20(25-3)21(16-18)26-4/h11,13,16-17,19H,5-10,12,14-15H2,1-4H3. The first-order chi connectivity index (χ1) is 12.6. The molecule has 4 nitrogen and oxygen atoms in total. The first-order valence-corrected chi connectivity index (χ1v) is 10.1. The molecule has 1 aromatic carbocycles. The number of likely N-dealkylation sites (tertiary alicyclic amines) is 1. The molecule has 1 amide bonds. The number of hydrogen-bond donors (Lipinski definition) is 0. The van der Waals surface area contributed by atoms with Crippen molar-refractivity contribution in [2.75, 3.05) is 20.8 Å². The van der Waals surface area contributed by atoms with E-state index in [4.69, 9.17) is 9.47 Å². The van der Waals surface area contributed by atoms with Crippen molar-refractivity contribution in [3.05, 3.63) is 23.8 Å². The largest absolute Gasteiger partial charge is 0.493 e. The molecule has 1 aliphatic heterocycles. The Kier molecular flexibility index (Phi) is 8.27. The molecule has 2 rings (SSSR count). The van der Waals surface area contributed by atoms with E-state index in [0.29, 0.717) is 24.3 Å². The second-order valence-electron chi connectivity index (χ2n) is 7.56. The number of hydrogen-bond acceptors (Lipinski definition) is 3. The number of aryl methyl sites for hydroxylation is 1. The van der Waals surface area contributed by atoms with Crippen molar-refractivity contribution in [2.24, 2.45) is 5.92 Å². The van der Waals surface area contributed by atoms with Gasteiger partial charge in [-0.15, -0.1) is 0 Å². The lowest BCUT2D eigenvalue weighted by atomic mass is 9.94. The number of ether oxygens (including phenoxy) is 2. The Morgan fingerprint density at radius 1 is 1.23 bits per heavy atom. The van der Waals surface area contributed by atoms with Gasteiger partial charge in [0.15, 0.2) is 11.5 Å². The fraction of sp³-hybridized carbons (Fsp3) is 0.682. The predicted octanol–water partition coefficient (Wildman–Crippen LogP) is 4.84. The number of piperidine rings is 1. The van der Waals surface area contributed by atoms with Crippen molar-refractivity contribution in [1.82, 2.24) is 4.90 Å². The molecule has 1 aromatic rings. The highest BCUT2D eigenvalue weighted by Gasteiger charge is 2.27. The predicted molar refractivity (Wildman–Crippen MR) is 106 cm³/mol. The molecular weight excluding hydrogens is 326 g/mol. The highest BCUT2D eigenvalue weighted by atomic mass is 16.5. The summed E-state index contributed by atoms with van der Waals surface area (Å²) in [5, 5.41) is 0. The van der Waals surface area contributed by atoms with Gasteiger partial charge < -0.3 is 14.4 Å². The maximum atomic E-state index is 12.8. The summed E-state index contributed by atoms with van der Waals surface area (Å²) in [5.41, 5.74) is 1.24. The molecule has 0 N–H and O–H groups in total. The van der Waals surface area contributed by atoms with Crippen LogP contribution >= 0.6 is 0 Å². The van der Waals surface area contributed by atoms with Gasteiger partial charge in [0, 0.05) is 19.0 Å². The van der Waals surface area contributed by atoms with Crippen molar-refractivity contribution in [1.29, 1.82) is 0 Å². The molecular formula is C22H35NO3. The molecule has 4 heteroatoms. The van der Waals surface area contributed by atoms with Gasteiger partial charge in [-0.3, -0.25) is 4.79 Å². The van der Waals surface area contributed by atoms with Crippen molar-refractivity contribution >= 4 is 5.91 Å². The second-order valence-corrected chi connectivity index (χ2v) is 7.56. The van der Waals surface area contributed by atoms with E-state index in [-0.39, 0.29) is 0 Å². The Hall–Kier alpha value is -1.71. The van der Waals surface area contributed by atoms with Gasteiger partial charge in [-0.05, 0) is 55.7 Å². The van der Waals surface area contributed by atoms with E-state index in [9.17, 15) is 4.79 Å². The zero-order valence-electron chi connectivity index (χ0n) is 16.9. The average Bonchev–Trinajstić information content (AvgIpc) is 2.66. The molecule has 1 aliphatic rings. The summed E-state index contributed by atoms with van der Waals surface area (Å²) in [6.07, 6.45) is 8.45. The van der Waals surface area contributed by atoms with Gasteiger partial charge in [0.1, 0.15) is 0 Å². The number of carbonyl (C=O) groups excluding carboxylic acids is 1. The van der Waals surface area contributed by atoms with Gasteiger partial charge in [0.05, 0.1) is 14.2 Å². The van der Waals surface area contributed by atoms with Crippen LogP contribution in [0, 0.1) is 5.92 Å². The molecule has 1 fully saturated rings. The molecule has 1 saturated heterocycles. The molecule has 26 heavy (non-hydrogen) atoms. The quantitative estimate of drug-likeness (QED) is 0.631. The van der Waals surface area contributed by atoms with Crippen LogP contribution in [-0.2, 0) is 11.2 Å². The van der Waals surface area contributed by atoms with Crippen LogP contribution < -0.4 is 9.47 Å². The normalized spacial score (nSPS) is 18.5. The van der Waals surface area contributed by atoms with E-state index in [1.54, 1.807) is 14.2 Å². The van der Waals surface area contributed by atoms with E-state index in [1.807, 2.05) is 6.07 Å². The lowest BCUT2D eigenvalue weighted by molar-refractivity contribution is -0.136. The lowest BCUT2D eigenvalue weighted by Crippen LogP contribution is -2.44. The fourth-order valence-electron chi connectivity index (χ4n) is 4.01. The Balaban J connectivity index is 1.96. The summed E-state index contributed by atoms with van der Waals surface area (Å²) in [6.45, 7) is 5.31. The Morgan fingerprint density at radius 3 is 2.69 bits per heavy atom. The minimum Gasteiger partial charge on any atom is -0.493 e. The van der Waals surface area contributed by atoms with E-state index < -0.39 is 0 Å². The Labute approximate surface area is 158 Å². The molecule has 1 heterocycles. The smallest absolute Gasteiger partial charge is 0.223 e. The highest BCUT2D eigenvalue weighted by Crippen LogP contribution is 2.29. The van der Waals surface area contributed by atoms with Gasteiger partial charge in [-0.25, -0.2) is 0 Å². The zero-order valence-corrected chi connectivity index (χ0v) is 16.9.